The van der Waals surface area contributed by atoms with Crippen molar-refractivity contribution in [1.82, 2.24) is 10.2 Å². The second-order valence-electron chi connectivity index (χ2n) is 5.01. The number of urea groups is 1. The summed E-state index contributed by atoms with van der Waals surface area (Å²) >= 11 is 0. The van der Waals surface area contributed by atoms with E-state index in [9.17, 15) is 9.59 Å². The van der Waals surface area contributed by atoms with Crippen LogP contribution in [0.3, 0.4) is 0 Å². The molecule has 0 aliphatic heterocycles. The lowest BCUT2D eigenvalue weighted by Gasteiger charge is -2.23. The molecule has 0 bridgehead atoms. The molecule has 0 spiro atoms. The van der Waals surface area contributed by atoms with Crippen molar-refractivity contribution >= 4 is 12.0 Å². The maximum absolute atomic E-state index is 11.9. The third-order valence-electron chi connectivity index (χ3n) is 3.44. The minimum Gasteiger partial charge on any atom is -0.481 e. The molecular formula is C14H24N2O3. The first kappa shape index (κ1) is 15.5. The highest BCUT2D eigenvalue weighted by Crippen LogP contribution is 2.19. The molecule has 2 amide bonds. The van der Waals surface area contributed by atoms with Gasteiger partial charge in [0.2, 0.25) is 0 Å². The first-order valence-electron chi connectivity index (χ1n) is 6.98. The van der Waals surface area contributed by atoms with E-state index in [0.717, 1.165) is 19.3 Å². The van der Waals surface area contributed by atoms with Crippen molar-refractivity contribution in [2.24, 2.45) is 5.92 Å². The molecule has 1 rings (SSSR count). The average molecular weight is 268 g/mol. The molecule has 0 radical (unpaired) electrons. The molecule has 108 valence electrons. The van der Waals surface area contributed by atoms with Gasteiger partial charge in [0.1, 0.15) is 0 Å². The smallest absolute Gasteiger partial charge is 0.317 e. The minimum absolute atomic E-state index is 0.172. The van der Waals surface area contributed by atoms with E-state index in [4.69, 9.17) is 5.11 Å². The normalized spacial score (nSPS) is 15.8. The number of carboxylic acids is 1. The Balaban J connectivity index is 2.30. The molecule has 1 atom stereocenters. The highest BCUT2D eigenvalue weighted by Gasteiger charge is 2.18. The van der Waals surface area contributed by atoms with E-state index in [2.05, 4.69) is 11.4 Å². The maximum Gasteiger partial charge on any atom is 0.317 e. The maximum atomic E-state index is 11.9. The third-order valence-corrected chi connectivity index (χ3v) is 3.44. The van der Waals surface area contributed by atoms with Crippen molar-refractivity contribution in [2.45, 2.75) is 39.5 Å². The zero-order chi connectivity index (χ0) is 14.3. The van der Waals surface area contributed by atoms with E-state index in [1.165, 1.54) is 12.0 Å². The van der Waals surface area contributed by atoms with Crippen molar-refractivity contribution in [1.29, 1.82) is 0 Å². The summed E-state index contributed by atoms with van der Waals surface area (Å²) in [4.78, 5) is 24.2. The standard InChI is InChI=1S/C14H24N2O3/c1-3-16(10-11(2)13(17)18)14(19)15-9-8-12-6-4-5-7-12/h6,11H,3-5,7-10H2,1-2H3,(H,15,19)(H,17,18). The SMILES string of the molecule is CCN(CC(C)C(=O)O)C(=O)NCCC1=CCCC1. The Kier molecular flexibility index (Phi) is 6.39. The van der Waals surface area contributed by atoms with Crippen LogP contribution in [0, 0.1) is 5.92 Å². The van der Waals surface area contributed by atoms with Crippen LogP contribution in [0.5, 0.6) is 0 Å². The van der Waals surface area contributed by atoms with Crippen LogP contribution in [0.1, 0.15) is 39.5 Å². The zero-order valence-electron chi connectivity index (χ0n) is 11.8. The predicted molar refractivity (Wildman–Crippen MR) is 74.0 cm³/mol. The summed E-state index contributed by atoms with van der Waals surface area (Å²) in [6.45, 7) is 4.87. The first-order chi connectivity index (χ1) is 9.04. The number of hydrogen-bond donors (Lipinski definition) is 2. The molecule has 2 N–H and O–H groups in total. The van der Waals surface area contributed by atoms with Gasteiger partial charge in [-0.2, -0.15) is 0 Å². The first-order valence-corrected chi connectivity index (χ1v) is 6.98. The van der Waals surface area contributed by atoms with Crippen molar-refractivity contribution in [3.8, 4) is 0 Å². The Hall–Kier alpha value is -1.52. The Labute approximate surface area is 114 Å². The van der Waals surface area contributed by atoms with Crippen LogP contribution in [0.2, 0.25) is 0 Å². The number of nitrogens with zero attached hydrogens (tertiary/aromatic N) is 1. The van der Waals surface area contributed by atoms with Gasteiger partial charge >= 0.3 is 12.0 Å². The lowest BCUT2D eigenvalue weighted by atomic mass is 10.1. The van der Waals surface area contributed by atoms with Crippen LogP contribution >= 0.6 is 0 Å². The van der Waals surface area contributed by atoms with Crippen molar-refractivity contribution in [2.75, 3.05) is 19.6 Å². The highest BCUT2D eigenvalue weighted by atomic mass is 16.4. The molecule has 1 aliphatic rings. The van der Waals surface area contributed by atoms with Gasteiger partial charge in [-0.05, 0) is 32.6 Å². The topological polar surface area (TPSA) is 69.6 Å². The van der Waals surface area contributed by atoms with E-state index in [0.29, 0.717) is 13.1 Å². The van der Waals surface area contributed by atoms with Gasteiger partial charge in [-0.25, -0.2) is 4.79 Å². The lowest BCUT2D eigenvalue weighted by Crippen LogP contribution is -2.43. The highest BCUT2D eigenvalue weighted by molar-refractivity contribution is 5.75. The van der Waals surface area contributed by atoms with E-state index in [-0.39, 0.29) is 12.6 Å². The van der Waals surface area contributed by atoms with E-state index >= 15 is 0 Å². The summed E-state index contributed by atoms with van der Waals surface area (Å²) in [7, 11) is 0. The number of nitrogens with one attached hydrogen (secondary N) is 1. The number of carboxylic acid groups (broad SMARTS) is 1. The van der Waals surface area contributed by atoms with Gasteiger partial charge in [-0.3, -0.25) is 4.79 Å². The van der Waals surface area contributed by atoms with E-state index in [1.807, 2.05) is 6.92 Å². The number of allylic oxidation sites excluding steroid dienone is 1. The number of hydrogen-bond acceptors (Lipinski definition) is 2. The molecule has 0 aromatic heterocycles. The molecule has 0 aromatic rings. The largest absolute Gasteiger partial charge is 0.481 e. The van der Waals surface area contributed by atoms with Crippen molar-refractivity contribution in [3.63, 3.8) is 0 Å². The summed E-state index contributed by atoms with van der Waals surface area (Å²) < 4.78 is 0. The number of amides is 2. The van der Waals surface area contributed by atoms with Gasteiger partial charge in [0.15, 0.2) is 0 Å². The Morgan fingerprint density at radius 2 is 2.26 bits per heavy atom. The van der Waals surface area contributed by atoms with Crippen molar-refractivity contribution in [3.05, 3.63) is 11.6 Å². The summed E-state index contributed by atoms with van der Waals surface area (Å²) in [6, 6.07) is -0.172. The average Bonchev–Trinajstić information content (AvgIpc) is 2.88. The van der Waals surface area contributed by atoms with Crippen LogP contribution in [0.15, 0.2) is 11.6 Å². The molecule has 1 aliphatic carbocycles. The van der Waals surface area contributed by atoms with Crippen molar-refractivity contribution < 1.29 is 14.7 Å². The Morgan fingerprint density at radius 3 is 2.79 bits per heavy atom. The van der Waals surface area contributed by atoms with Crippen LogP contribution < -0.4 is 5.32 Å². The minimum atomic E-state index is -0.873. The molecule has 19 heavy (non-hydrogen) atoms. The number of carbonyl (C=O) groups excluding carboxylic acids is 1. The van der Waals surface area contributed by atoms with Crippen LogP contribution in [-0.4, -0.2) is 41.6 Å². The van der Waals surface area contributed by atoms with Gasteiger partial charge in [-0.15, -0.1) is 0 Å². The van der Waals surface area contributed by atoms with Gasteiger partial charge in [0.25, 0.3) is 0 Å². The fourth-order valence-corrected chi connectivity index (χ4v) is 2.17. The zero-order valence-corrected chi connectivity index (χ0v) is 11.8. The molecule has 0 fully saturated rings. The predicted octanol–water partition coefficient (Wildman–Crippen LogP) is 2.24. The fraction of sp³-hybridized carbons (Fsp3) is 0.714. The number of rotatable bonds is 7. The molecular weight excluding hydrogens is 244 g/mol. The molecule has 0 heterocycles. The van der Waals surface area contributed by atoms with E-state index < -0.39 is 11.9 Å². The lowest BCUT2D eigenvalue weighted by molar-refractivity contribution is -0.141. The second kappa shape index (κ2) is 7.81. The van der Waals surface area contributed by atoms with E-state index in [1.54, 1.807) is 11.8 Å². The molecule has 0 aromatic carbocycles. The molecule has 0 saturated heterocycles. The summed E-state index contributed by atoms with van der Waals surface area (Å²) in [5, 5.41) is 11.7. The molecule has 5 nitrogen and oxygen atoms in total. The molecule has 0 saturated carbocycles. The second-order valence-corrected chi connectivity index (χ2v) is 5.01. The van der Waals surface area contributed by atoms with Gasteiger partial charge in [0, 0.05) is 19.6 Å². The Bertz CT molecular complexity index is 353. The van der Waals surface area contributed by atoms with Crippen LogP contribution in [0.25, 0.3) is 0 Å². The molecule has 1 unspecified atom stereocenters. The van der Waals surface area contributed by atoms with Gasteiger partial charge < -0.3 is 15.3 Å². The Morgan fingerprint density at radius 1 is 1.53 bits per heavy atom. The molecule has 5 heteroatoms. The van der Waals surface area contributed by atoms with Crippen LogP contribution in [-0.2, 0) is 4.79 Å². The third kappa shape index (κ3) is 5.32. The van der Waals surface area contributed by atoms with Gasteiger partial charge in [-0.1, -0.05) is 18.6 Å². The number of aliphatic carboxylic acids is 1. The monoisotopic (exact) mass is 268 g/mol. The summed E-state index contributed by atoms with van der Waals surface area (Å²) in [5.74, 6) is -1.41. The quantitative estimate of drug-likeness (QED) is 0.696. The summed E-state index contributed by atoms with van der Waals surface area (Å²) in [6.07, 6.45) is 6.67. The fourth-order valence-electron chi connectivity index (χ4n) is 2.17. The van der Waals surface area contributed by atoms with Crippen LogP contribution in [0.4, 0.5) is 4.79 Å². The summed E-state index contributed by atoms with van der Waals surface area (Å²) in [5.41, 5.74) is 1.42. The van der Waals surface area contributed by atoms with Gasteiger partial charge in [0.05, 0.1) is 5.92 Å². The number of carbonyl (C=O) groups is 2.